The third kappa shape index (κ3) is 1.81. The number of hydrogen-bond acceptors (Lipinski definition) is 4. The highest BCUT2D eigenvalue weighted by Crippen LogP contribution is 2.43. The third-order valence-corrected chi connectivity index (χ3v) is 4.10. The molecule has 17 heavy (non-hydrogen) atoms. The fraction of sp³-hybridized carbons (Fsp3) is 0.333. The average molecular weight is 249 g/mol. The number of carboxylic acid groups (broad SMARTS) is 1. The second kappa shape index (κ2) is 3.78. The van der Waals surface area contributed by atoms with Gasteiger partial charge in [0, 0.05) is 11.5 Å². The monoisotopic (exact) mass is 249 g/mol. The molecule has 1 unspecified atom stereocenters. The van der Waals surface area contributed by atoms with E-state index >= 15 is 0 Å². The molecule has 1 aliphatic carbocycles. The number of aromatic nitrogens is 1. The molecule has 1 aromatic heterocycles. The first-order valence-electron chi connectivity index (χ1n) is 5.47. The van der Waals surface area contributed by atoms with Crippen molar-refractivity contribution in [2.45, 2.75) is 24.9 Å². The Labute approximate surface area is 102 Å². The molecule has 1 heterocycles. The summed E-state index contributed by atoms with van der Waals surface area (Å²) in [6, 6.07) is 5.30. The van der Waals surface area contributed by atoms with E-state index < -0.39 is 12.1 Å². The van der Waals surface area contributed by atoms with E-state index in [4.69, 9.17) is 5.11 Å². The Morgan fingerprint density at radius 2 is 2.24 bits per heavy atom. The second-order valence-corrected chi connectivity index (χ2v) is 5.32. The van der Waals surface area contributed by atoms with Crippen molar-refractivity contribution in [1.29, 1.82) is 0 Å². The summed E-state index contributed by atoms with van der Waals surface area (Å²) in [5.74, 6) is -0.694. The summed E-state index contributed by atoms with van der Waals surface area (Å²) < 4.78 is 0.949. The number of fused-ring (bicyclic) bond motifs is 1. The number of thiazole rings is 1. The number of carboxylic acids is 1. The zero-order valence-electron chi connectivity index (χ0n) is 8.96. The number of nitrogens with zero attached hydrogens (tertiary/aromatic N) is 1. The zero-order chi connectivity index (χ0) is 12.0. The van der Waals surface area contributed by atoms with Crippen LogP contribution in [0.25, 0.3) is 10.2 Å². The second-order valence-electron chi connectivity index (χ2n) is 4.26. The fourth-order valence-corrected chi connectivity index (χ4v) is 3.02. The number of benzene rings is 1. The summed E-state index contributed by atoms with van der Waals surface area (Å²) in [7, 11) is 0. The lowest BCUT2D eigenvalue weighted by Gasteiger charge is -2.05. The van der Waals surface area contributed by atoms with Gasteiger partial charge < -0.3 is 10.2 Å². The van der Waals surface area contributed by atoms with Gasteiger partial charge in [0.25, 0.3) is 0 Å². The molecule has 3 rings (SSSR count). The molecule has 88 valence electrons. The predicted molar refractivity (Wildman–Crippen MR) is 64.2 cm³/mol. The van der Waals surface area contributed by atoms with Crippen molar-refractivity contribution < 1.29 is 15.0 Å². The zero-order valence-corrected chi connectivity index (χ0v) is 9.78. The van der Waals surface area contributed by atoms with Gasteiger partial charge in [-0.1, -0.05) is 12.1 Å². The summed E-state index contributed by atoms with van der Waals surface area (Å²) in [6.07, 6.45) is 0.834. The topological polar surface area (TPSA) is 70.4 Å². The minimum atomic E-state index is -1.49. The normalized spacial score (nSPS) is 17.2. The van der Waals surface area contributed by atoms with Gasteiger partial charge in [-0.3, -0.25) is 0 Å². The highest BCUT2D eigenvalue weighted by atomic mass is 32.1. The van der Waals surface area contributed by atoms with Crippen LogP contribution in [0.15, 0.2) is 18.2 Å². The number of aliphatic hydroxyl groups is 1. The van der Waals surface area contributed by atoms with E-state index in [9.17, 15) is 9.90 Å². The molecule has 2 N–H and O–H groups in total. The van der Waals surface area contributed by atoms with E-state index in [1.165, 1.54) is 0 Å². The lowest BCUT2D eigenvalue weighted by atomic mass is 10.1. The Bertz CT molecular complexity index is 588. The van der Waals surface area contributed by atoms with Crippen molar-refractivity contribution in [3.8, 4) is 0 Å². The quantitative estimate of drug-likeness (QED) is 0.875. The van der Waals surface area contributed by atoms with Crippen molar-refractivity contribution in [1.82, 2.24) is 4.98 Å². The van der Waals surface area contributed by atoms with Crippen molar-refractivity contribution in [3.05, 3.63) is 28.8 Å². The van der Waals surface area contributed by atoms with Gasteiger partial charge in [-0.05, 0) is 18.9 Å². The molecule has 1 fully saturated rings. The van der Waals surface area contributed by atoms with Crippen LogP contribution < -0.4 is 0 Å². The van der Waals surface area contributed by atoms with Gasteiger partial charge in [-0.25, -0.2) is 9.78 Å². The summed E-state index contributed by atoms with van der Waals surface area (Å²) in [6.45, 7) is 0. The molecule has 1 aliphatic rings. The molecule has 5 heteroatoms. The van der Waals surface area contributed by atoms with Crippen LogP contribution in [-0.2, 0) is 4.79 Å². The highest BCUT2D eigenvalue weighted by Gasteiger charge is 2.28. The van der Waals surface area contributed by atoms with Crippen molar-refractivity contribution >= 4 is 27.5 Å². The summed E-state index contributed by atoms with van der Waals surface area (Å²) in [5, 5.41) is 19.5. The van der Waals surface area contributed by atoms with E-state index in [0.29, 0.717) is 17.0 Å². The summed E-state index contributed by atoms with van der Waals surface area (Å²) in [5.41, 5.74) is 1.02. The first kappa shape index (κ1) is 10.7. The number of carbonyl (C=O) groups is 1. The van der Waals surface area contributed by atoms with Gasteiger partial charge in [0.15, 0.2) is 6.10 Å². The first-order valence-corrected chi connectivity index (χ1v) is 6.28. The van der Waals surface area contributed by atoms with Crippen LogP contribution in [-0.4, -0.2) is 21.2 Å². The van der Waals surface area contributed by atoms with Crippen LogP contribution in [0.4, 0.5) is 0 Å². The van der Waals surface area contributed by atoms with Crippen LogP contribution in [0.2, 0.25) is 0 Å². The number of rotatable bonds is 3. The third-order valence-electron chi connectivity index (χ3n) is 2.92. The molecule has 0 bridgehead atoms. The van der Waals surface area contributed by atoms with Gasteiger partial charge in [0.05, 0.1) is 15.2 Å². The van der Waals surface area contributed by atoms with E-state index in [2.05, 4.69) is 4.98 Å². The van der Waals surface area contributed by atoms with Crippen molar-refractivity contribution in [3.63, 3.8) is 0 Å². The van der Waals surface area contributed by atoms with Crippen LogP contribution >= 0.6 is 11.3 Å². The molecule has 2 aromatic rings. The number of para-hydroxylation sites is 1. The van der Waals surface area contributed by atoms with Gasteiger partial charge in [-0.15, -0.1) is 11.3 Å². The molecular weight excluding hydrogens is 238 g/mol. The Morgan fingerprint density at radius 3 is 2.88 bits per heavy atom. The smallest absolute Gasteiger partial charge is 0.337 e. The molecule has 4 nitrogen and oxygen atoms in total. The fourth-order valence-electron chi connectivity index (χ4n) is 1.85. The maximum atomic E-state index is 10.8. The average Bonchev–Trinajstić information content (AvgIpc) is 3.07. The number of aliphatic carboxylic acids is 1. The molecule has 0 spiro atoms. The Balaban J connectivity index is 2.14. The van der Waals surface area contributed by atoms with Gasteiger partial charge in [-0.2, -0.15) is 0 Å². The molecule has 0 amide bonds. The lowest BCUT2D eigenvalue weighted by Crippen LogP contribution is -2.10. The molecule has 1 aromatic carbocycles. The standard InChI is InChI=1S/C12H11NO3S/c14-10(12(15)16)7-2-1-3-8-9(7)13-11(17-8)6-4-5-6/h1-3,6,10,14H,4-5H2,(H,15,16). The van der Waals surface area contributed by atoms with Crippen LogP contribution in [0, 0.1) is 0 Å². The van der Waals surface area contributed by atoms with Gasteiger partial charge in [0.2, 0.25) is 0 Å². The van der Waals surface area contributed by atoms with Crippen LogP contribution in [0.1, 0.15) is 35.4 Å². The maximum absolute atomic E-state index is 10.8. The Morgan fingerprint density at radius 1 is 1.47 bits per heavy atom. The molecule has 0 saturated heterocycles. The lowest BCUT2D eigenvalue weighted by molar-refractivity contribution is -0.146. The predicted octanol–water partition coefficient (Wildman–Crippen LogP) is 2.29. The maximum Gasteiger partial charge on any atom is 0.337 e. The summed E-state index contributed by atoms with van der Waals surface area (Å²) in [4.78, 5) is 15.3. The molecule has 0 radical (unpaired) electrons. The van der Waals surface area contributed by atoms with E-state index in [0.717, 1.165) is 22.5 Å². The molecule has 1 atom stereocenters. The van der Waals surface area contributed by atoms with Gasteiger partial charge >= 0.3 is 5.97 Å². The van der Waals surface area contributed by atoms with E-state index in [-0.39, 0.29) is 0 Å². The van der Waals surface area contributed by atoms with E-state index in [1.54, 1.807) is 23.5 Å². The molecular formula is C12H11NO3S. The molecule has 1 saturated carbocycles. The van der Waals surface area contributed by atoms with Crippen molar-refractivity contribution in [2.75, 3.05) is 0 Å². The van der Waals surface area contributed by atoms with Gasteiger partial charge in [0.1, 0.15) is 0 Å². The van der Waals surface area contributed by atoms with E-state index in [1.807, 2.05) is 6.07 Å². The largest absolute Gasteiger partial charge is 0.479 e. The minimum Gasteiger partial charge on any atom is -0.479 e. The van der Waals surface area contributed by atoms with Crippen molar-refractivity contribution in [2.24, 2.45) is 0 Å². The number of aliphatic hydroxyl groups excluding tert-OH is 1. The molecule has 0 aliphatic heterocycles. The first-order chi connectivity index (χ1) is 8.16. The van der Waals surface area contributed by atoms with Crippen LogP contribution in [0.3, 0.4) is 0 Å². The Hall–Kier alpha value is -1.46. The highest BCUT2D eigenvalue weighted by molar-refractivity contribution is 7.18. The number of hydrogen-bond donors (Lipinski definition) is 2. The minimum absolute atomic E-state index is 0.387. The Kier molecular flexibility index (Phi) is 2.38. The summed E-state index contributed by atoms with van der Waals surface area (Å²) >= 11 is 1.60. The SMILES string of the molecule is O=C(O)C(O)c1cccc2sc(C3CC3)nc12. The van der Waals surface area contributed by atoms with Crippen LogP contribution in [0.5, 0.6) is 0 Å².